The van der Waals surface area contributed by atoms with E-state index >= 15 is 0 Å². The predicted octanol–water partition coefficient (Wildman–Crippen LogP) is 2.88. The fourth-order valence-corrected chi connectivity index (χ4v) is 2.15. The van der Waals surface area contributed by atoms with E-state index in [4.69, 9.17) is 0 Å². The van der Waals surface area contributed by atoms with Crippen LogP contribution < -0.4 is 5.32 Å². The van der Waals surface area contributed by atoms with E-state index in [0.29, 0.717) is 12.1 Å². The molecular formula is C16H27N5. The number of nitrogens with zero attached hydrogens (tertiary/aromatic N) is 4. The second-order valence-corrected chi connectivity index (χ2v) is 6.87. The Morgan fingerprint density at radius 3 is 2.38 bits per heavy atom. The molecule has 2 aromatic rings. The molecule has 1 N–H and O–H groups in total. The summed E-state index contributed by atoms with van der Waals surface area (Å²) in [5.74, 6) is 0. The molecule has 0 saturated heterocycles. The summed E-state index contributed by atoms with van der Waals surface area (Å²) in [7, 11) is 0. The van der Waals surface area contributed by atoms with E-state index in [1.165, 1.54) is 11.1 Å². The third kappa shape index (κ3) is 3.94. The van der Waals surface area contributed by atoms with Crippen LogP contribution in [-0.2, 0) is 12.1 Å². The summed E-state index contributed by atoms with van der Waals surface area (Å²) in [6, 6.07) is 0.652. The number of aromatic nitrogens is 4. The van der Waals surface area contributed by atoms with Gasteiger partial charge in [-0.3, -0.25) is 9.36 Å². The molecule has 0 unspecified atom stereocenters. The largest absolute Gasteiger partial charge is 0.308 e. The van der Waals surface area contributed by atoms with Crippen LogP contribution >= 0.6 is 0 Å². The Morgan fingerprint density at radius 2 is 1.86 bits per heavy atom. The average Bonchev–Trinajstić information content (AvgIpc) is 3.03. The smallest absolute Gasteiger partial charge is 0.0641 e. The van der Waals surface area contributed by atoms with Gasteiger partial charge in [-0.2, -0.15) is 10.2 Å². The van der Waals surface area contributed by atoms with Crippen molar-refractivity contribution in [2.45, 2.75) is 65.7 Å². The molecule has 0 radical (unpaired) electrons. The maximum atomic E-state index is 4.43. The van der Waals surface area contributed by atoms with Crippen molar-refractivity contribution in [1.82, 2.24) is 24.9 Å². The highest BCUT2D eigenvalue weighted by atomic mass is 15.3. The van der Waals surface area contributed by atoms with E-state index in [-0.39, 0.29) is 5.54 Å². The molecule has 0 aliphatic rings. The lowest BCUT2D eigenvalue weighted by Crippen LogP contribution is -2.33. The molecule has 5 nitrogen and oxygen atoms in total. The quantitative estimate of drug-likeness (QED) is 0.920. The van der Waals surface area contributed by atoms with Crippen molar-refractivity contribution in [2.75, 3.05) is 0 Å². The standard InChI is InChI=1S/C16H27N5/c1-12-7-18-20(10-12)14(3)13(2)17-8-15-9-19-21(11-15)16(4,5)6/h7,9-11,13-14,17H,8H2,1-6H3/t13-,14-/m0/s1. The van der Waals surface area contributed by atoms with Crippen LogP contribution in [-0.4, -0.2) is 25.6 Å². The molecule has 2 heterocycles. The molecule has 0 aliphatic heterocycles. The Hall–Kier alpha value is -1.62. The van der Waals surface area contributed by atoms with E-state index in [0.717, 1.165) is 6.54 Å². The highest BCUT2D eigenvalue weighted by Crippen LogP contribution is 2.14. The van der Waals surface area contributed by atoms with Crippen molar-refractivity contribution in [3.63, 3.8) is 0 Å². The van der Waals surface area contributed by atoms with E-state index in [1.54, 1.807) is 0 Å². The molecule has 2 atom stereocenters. The van der Waals surface area contributed by atoms with Crippen LogP contribution in [0.4, 0.5) is 0 Å². The molecule has 2 aromatic heterocycles. The second-order valence-electron chi connectivity index (χ2n) is 6.87. The topological polar surface area (TPSA) is 47.7 Å². The fraction of sp³-hybridized carbons (Fsp3) is 0.625. The van der Waals surface area contributed by atoms with Crippen LogP contribution in [0.15, 0.2) is 24.8 Å². The summed E-state index contributed by atoms with van der Waals surface area (Å²) < 4.78 is 4.03. The van der Waals surface area contributed by atoms with Gasteiger partial charge in [0.05, 0.1) is 24.0 Å². The van der Waals surface area contributed by atoms with Gasteiger partial charge >= 0.3 is 0 Å². The van der Waals surface area contributed by atoms with Crippen molar-refractivity contribution in [3.05, 3.63) is 35.9 Å². The van der Waals surface area contributed by atoms with Crippen LogP contribution in [0.5, 0.6) is 0 Å². The lowest BCUT2D eigenvalue weighted by molar-refractivity contribution is 0.353. The number of aryl methyl sites for hydroxylation is 1. The minimum atomic E-state index is 0.0315. The summed E-state index contributed by atoms with van der Waals surface area (Å²) >= 11 is 0. The Balaban J connectivity index is 1.92. The Morgan fingerprint density at radius 1 is 1.14 bits per heavy atom. The number of rotatable bonds is 5. The molecular weight excluding hydrogens is 262 g/mol. The van der Waals surface area contributed by atoms with Crippen LogP contribution in [0, 0.1) is 6.92 Å². The van der Waals surface area contributed by atoms with Gasteiger partial charge in [0, 0.05) is 30.5 Å². The average molecular weight is 289 g/mol. The van der Waals surface area contributed by atoms with Gasteiger partial charge in [-0.05, 0) is 47.1 Å². The lowest BCUT2D eigenvalue weighted by atomic mass is 10.1. The van der Waals surface area contributed by atoms with Crippen LogP contribution in [0.1, 0.15) is 51.8 Å². The van der Waals surface area contributed by atoms with E-state index < -0.39 is 0 Å². The molecule has 5 heteroatoms. The fourth-order valence-electron chi connectivity index (χ4n) is 2.15. The van der Waals surface area contributed by atoms with Crippen molar-refractivity contribution >= 4 is 0 Å². The highest BCUT2D eigenvalue weighted by Gasteiger charge is 2.16. The monoisotopic (exact) mass is 289 g/mol. The zero-order valence-corrected chi connectivity index (χ0v) is 14.0. The zero-order valence-electron chi connectivity index (χ0n) is 14.0. The number of nitrogens with one attached hydrogen (secondary N) is 1. The third-order valence-electron chi connectivity index (χ3n) is 3.82. The normalized spacial score (nSPS) is 15.1. The van der Waals surface area contributed by atoms with Gasteiger partial charge in [0.1, 0.15) is 0 Å². The van der Waals surface area contributed by atoms with Crippen molar-refractivity contribution in [3.8, 4) is 0 Å². The maximum Gasteiger partial charge on any atom is 0.0641 e. The molecule has 116 valence electrons. The third-order valence-corrected chi connectivity index (χ3v) is 3.82. The van der Waals surface area contributed by atoms with E-state index in [2.05, 4.69) is 69.5 Å². The van der Waals surface area contributed by atoms with Gasteiger partial charge in [-0.1, -0.05) is 0 Å². The first kappa shape index (κ1) is 15.8. The van der Waals surface area contributed by atoms with E-state index in [9.17, 15) is 0 Å². The molecule has 0 amide bonds. The van der Waals surface area contributed by atoms with Crippen LogP contribution in [0.2, 0.25) is 0 Å². The van der Waals surface area contributed by atoms with Crippen molar-refractivity contribution in [2.24, 2.45) is 0 Å². The van der Waals surface area contributed by atoms with Crippen LogP contribution in [0.3, 0.4) is 0 Å². The zero-order chi connectivity index (χ0) is 15.6. The molecule has 2 rings (SSSR count). The SMILES string of the molecule is Cc1cnn([C@@H](C)[C@H](C)NCc2cnn(C(C)(C)C)c2)c1. The Bertz CT molecular complexity index is 576. The summed E-state index contributed by atoms with van der Waals surface area (Å²) in [5, 5.41) is 12.4. The molecule has 0 aliphatic carbocycles. The van der Waals surface area contributed by atoms with Gasteiger partial charge in [-0.25, -0.2) is 0 Å². The molecule has 0 fully saturated rings. The van der Waals surface area contributed by atoms with Gasteiger partial charge < -0.3 is 5.32 Å². The van der Waals surface area contributed by atoms with Gasteiger partial charge in [0.2, 0.25) is 0 Å². The summed E-state index contributed by atoms with van der Waals surface area (Å²) in [4.78, 5) is 0. The Kier molecular flexibility index (Phi) is 4.52. The molecule has 21 heavy (non-hydrogen) atoms. The minimum absolute atomic E-state index is 0.0315. The van der Waals surface area contributed by atoms with Crippen LogP contribution in [0.25, 0.3) is 0 Å². The van der Waals surface area contributed by atoms with Gasteiger partial charge in [0.25, 0.3) is 0 Å². The summed E-state index contributed by atoms with van der Waals surface area (Å²) in [6.07, 6.45) is 8.03. The minimum Gasteiger partial charge on any atom is -0.308 e. The molecule has 0 saturated carbocycles. The van der Waals surface area contributed by atoms with Crippen molar-refractivity contribution < 1.29 is 0 Å². The highest BCUT2D eigenvalue weighted by molar-refractivity contribution is 5.05. The second kappa shape index (κ2) is 6.02. The number of hydrogen-bond donors (Lipinski definition) is 1. The first-order valence-corrected chi connectivity index (χ1v) is 7.55. The summed E-state index contributed by atoms with van der Waals surface area (Å²) in [6.45, 7) is 13.7. The number of hydrogen-bond acceptors (Lipinski definition) is 3. The maximum absolute atomic E-state index is 4.43. The molecule has 0 spiro atoms. The lowest BCUT2D eigenvalue weighted by Gasteiger charge is -2.21. The molecule has 0 bridgehead atoms. The molecule has 0 aromatic carbocycles. The van der Waals surface area contributed by atoms with Gasteiger partial charge in [0.15, 0.2) is 0 Å². The first-order valence-electron chi connectivity index (χ1n) is 7.55. The first-order chi connectivity index (χ1) is 9.77. The van der Waals surface area contributed by atoms with E-state index in [1.807, 2.05) is 21.8 Å². The van der Waals surface area contributed by atoms with Gasteiger partial charge in [-0.15, -0.1) is 0 Å². The predicted molar refractivity (Wildman–Crippen MR) is 85.2 cm³/mol. The Labute approximate surface area is 127 Å². The summed E-state index contributed by atoms with van der Waals surface area (Å²) in [5.41, 5.74) is 2.44. The van der Waals surface area contributed by atoms with Crippen molar-refractivity contribution in [1.29, 1.82) is 0 Å².